The van der Waals surface area contributed by atoms with Crippen LogP contribution in [0.4, 0.5) is 11.4 Å². The second-order valence-corrected chi connectivity index (χ2v) is 6.02. The molecule has 1 aromatic heterocycles. The molecule has 2 heterocycles. The van der Waals surface area contributed by atoms with Crippen LogP contribution < -0.4 is 16.2 Å². The van der Waals surface area contributed by atoms with Gasteiger partial charge in [0.15, 0.2) is 0 Å². The molecule has 0 aliphatic carbocycles. The van der Waals surface area contributed by atoms with E-state index in [0.29, 0.717) is 12.2 Å². The highest BCUT2D eigenvalue weighted by atomic mass is 79.9. The van der Waals surface area contributed by atoms with E-state index in [9.17, 15) is 4.79 Å². The maximum atomic E-state index is 12.2. The second kappa shape index (κ2) is 5.89. The fourth-order valence-electron chi connectivity index (χ4n) is 2.57. The SMILES string of the molecule is Nc1cccc(Cn2ncc(N3CCCC3)cc2=O)c1Br. The Balaban J connectivity index is 1.86. The summed E-state index contributed by atoms with van der Waals surface area (Å²) in [5.74, 6) is 0. The smallest absolute Gasteiger partial charge is 0.269 e. The van der Waals surface area contributed by atoms with Gasteiger partial charge in [0.1, 0.15) is 0 Å². The molecule has 1 aliphatic heterocycles. The fraction of sp³-hybridized carbons (Fsp3) is 0.333. The quantitative estimate of drug-likeness (QED) is 0.864. The van der Waals surface area contributed by atoms with Crippen molar-refractivity contribution in [1.82, 2.24) is 9.78 Å². The third kappa shape index (κ3) is 2.95. The number of hydrogen-bond donors (Lipinski definition) is 1. The van der Waals surface area contributed by atoms with E-state index in [1.165, 1.54) is 17.5 Å². The Morgan fingerprint density at radius 1 is 1.29 bits per heavy atom. The molecule has 5 nitrogen and oxygen atoms in total. The monoisotopic (exact) mass is 348 g/mol. The number of anilines is 2. The first kappa shape index (κ1) is 14.1. The van der Waals surface area contributed by atoms with Crippen LogP contribution >= 0.6 is 15.9 Å². The number of nitrogens with zero attached hydrogens (tertiary/aromatic N) is 3. The van der Waals surface area contributed by atoms with E-state index in [4.69, 9.17) is 5.73 Å². The number of hydrogen-bond acceptors (Lipinski definition) is 4. The molecule has 2 aromatic rings. The van der Waals surface area contributed by atoms with Gasteiger partial charge >= 0.3 is 0 Å². The zero-order chi connectivity index (χ0) is 14.8. The summed E-state index contributed by atoms with van der Waals surface area (Å²) in [6, 6.07) is 7.29. The van der Waals surface area contributed by atoms with Crippen LogP contribution in [0, 0.1) is 0 Å². The Morgan fingerprint density at radius 3 is 2.76 bits per heavy atom. The van der Waals surface area contributed by atoms with Crippen molar-refractivity contribution >= 4 is 27.3 Å². The van der Waals surface area contributed by atoms with Gasteiger partial charge in [-0.3, -0.25) is 4.79 Å². The maximum Gasteiger partial charge on any atom is 0.269 e. The van der Waals surface area contributed by atoms with Gasteiger partial charge in [0.25, 0.3) is 5.56 Å². The van der Waals surface area contributed by atoms with Crippen molar-refractivity contribution in [1.29, 1.82) is 0 Å². The Hall–Kier alpha value is -1.82. The molecule has 2 N–H and O–H groups in total. The summed E-state index contributed by atoms with van der Waals surface area (Å²) in [6.07, 6.45) is 4.13. The highest BCUT2D eigenvalue weighted by Crippen LogP contribution is 2.24. The number of benzene rings is 1. The van der Waals surface area contributed by atoms with Gasteiger partial charge in [-0.15, -0.1) is 0 Å². The standard InChI is InChI=1S/C15H17BrN4O/c16-15-11(4-3-5-13(15)17)10-20-14(21)8-12(9-18-20)19-6-1-2-7-19/h3-5,8-9H,1-2,6-7,10,17H2. The summed E-state index contributed by atoms with van der Waals surface area (Å²) in [5, 5.41) is 4.29. The van der Waals surface area contributed by atoms with Gasteiger partial charge in [-0.2, -0.15) is 5.10 Å². The summed E-state index contributed by atoms with van der Waals surface area (Å²) in [7, 11) is 0. The lowest BCUT2D eigenvalue weighted by Gasteiger charge is -2.17. The molecular weight excluding hydrogens is 332 g/mol. The molecule has 0 radical (unpaired) electrons. The van der Waals surface area contributed by atoms with Crippen LogP contribution in [0.3, 0.4) is 0 Å². The van der Waals surface area contributed by atoms with Crippen molar-refractivity contribution in [3.05, 3.63) is 50.9 Å². The lowest BCUT2D eigenvalue weighted by molar-refractivity contribution is 0.636. The third-order valence-electron chi connectivity index (χ3n) is 3.76. The highest BCUT2D eigenvalue weighted by molar-refractivity contribution is 9.10. The summed E-state index contributed by atoms with van der Waals surface area (Å²) < 4.78 is 2.28. The number of nitrogens with two attached hydrogens (primary N) is 1. The molecule has 1 aromatic carbocycles. The largest absolute Gasteiger partial charge is 0.398 e. The summed E-state index contributed by atoms with van der Waals surface area (Å²) in [4.78, 5) is 14.4. The van der Waals surface area contributed by atoms with E-state index < -0.39 is 0 Å². The first-order valence-corrected chi connectivity index (χ1v) is 7.79. The molecule has 1 fully saturated rings. The fourth-order valence-corrected chi connectivity index (χ4v) is 2.96. The third-order valence-corrected chi connectivity index (χ3v) is 4.72. The number of nitrogen functional groups attached to an aromatic ring is 1. The Labute approximate surface area is 131 Å². The Bertz CT molecular complexity index is 707. The van der Waals surface area contributed by atoms with E-state index in [1.807, 2.05) is 18.2 Å². The molecule has 0 bridgehead atoms. The molecule has 0 saturated carbocycles. The van der Waals surface area contributed by atoms with Crippen LogP contribution in [0.15, 0.2) is 39.7 Å². The zero-order valence-corrected chi connectivity index (χ0v) is 13.2. The van der Waals surface area contributed by atoms with Crippen molar-refractivity contribution < 1.29 is 0 Å². The van der Waals surface area contributed by atoms with Gasteiger partial charge in [0.05, 0.1) is 18.4 Å². The minimum absolute atomic E-state index is 0.0891. The van der Waals surface area contributed by atoms with Crippen LogP contribution in [0.2, 0.25) is 0 Å². The average Bonchev–Trinajstić information content (AvgIpc) is 3.00. The number of aromatic nitrogens is 2. The van der Waals surface area contributed by atoms with E-state index >= 15 is 0 Å². The highest BCUT2D eigenvalue weighted by Gasteiger charge is 2.14. The normalized spacial score (nSPS) is 14.6. The molecule has 3 rings (SSSR count). The van der Waals surface area contributed by atoms with E-state index in [2.05, 4.69) is 25.9 Å². The maximum absolute atomic E-state index is 12.2. The number of rotatable bonds is 3. The minimum Gasteiger partial charge on any atom is -0.398 e. The van der Waals surface area contributed by atoms with Crippen molar-refractivity contribution in [2.24, 2.45) is 0 Å². The molecule has 0 amide bonds. The van der Waals surface area contributed by atoms with Crippen LogP contribution in [0.5, 0.6) is 0 Å². The first-order valence-electron chi connectivity index (χ1n) is 7.00. The Morgan fingerprint density at radius 2 is 2.05 bits per heavy atom. The molecule has 21 heavy (non-hydrogen) atoms. The Kier molecular flexibility index (Phi) is 3.96. The summed E-state index contributed by atoms with van der Waals surface area (Å²) in [5.41, 5.74) is 8.29. The average molecular weight is 349 g/mol. The summed E-state index contributed by atoms with van der Waals surface area (Å²) >= 11 is 3.45. The molecular formula is C15H17BrN4O. The van der Waals surface area contributed by atoms with Crippen molar-refractivity contribution in [3.63, 3.8) is 0 Å². The lowest BCUT2D eigenvalue weighted by atomic mass is 10.2. The van der Waals surface area contributed by atoms with Gasteiger partial charge in [0, 0.05) is 29.3 Å². The predicted molar refractivity (Wildman–Crippen MR) is 87.6 cm³/mol. The first-order chi connectivity index (χ1) is 10.1. The van der Waals surface area contributed by atoms with Gasteiger partial charge in [-0.05, 0) is 40.4 Å². The van der Waals surface area contributed by atoms with Crippen LogP contribution in [0.1, 0.15) is 18.4 Å². The number of halogens is 1. The lowest BCUT2D eigenvalue weighted by Crippen LogP contribution is -2.26. The molecule has 1 saturated heterocycles. The van der Waals surface area contributed by atoms with E-state index in [1.54, 1.807) is 12.3 Å². The van der Waals surface area contributed by atoms with Crippen molar-refractivity contribution in [2.45, 2.75) is 19.4 Å². The molecule has 0 atom stereocenters. The van der Waals surface area contributed by atoms with Crippen molar-refractivity contribution in [3.8, 4) is 0 Å². The van der Waals surface area contributed by atoms with Crippen molar-refractivity contribution in [2.75, 3.05) is 23.7 Å². The van der Waals surface area contributed by atoms with E-state index in [-0.39, 0.29) is 5.56 Å². The molecule has 6 heteroatoms. The van der Waals surface area contributed by atoms with Gasteiger partial charge in [-0.1, -0.05) is 12.1 Å². The topological polar surface area (TPSA) is 64.2 Å². The minimum atomic E-state index is -0.0891. The van der Waals surface area contributed by atoms with Crippen LogP contribution in [0.25, 0.3) is 0 Å². The molecule has 0 spiro atoms. The van der Waals surface area contributed by atoms with Crippen LogP contribution in [-0.2, 0) is 6.54 Å². The predicted octanol–water partition coefficient (Wildman–Crippen LogP) is 2.24. The van der Waals surface area contributed by atoms with Crippen LogP contribution in [-0.4, -0.2) is 22.9 Å². The second-order valence-electron chi connectivity index (χ2n) is 5.22. The molecule has 1 aliphatic rings. The van der Waals surface area contributed by atoms with E-state index in [0.717, 1.165) is 28.8 Å². The molecule has 110 valence electrons. The zero-order valence-electron chi connectivity index (χ0n) is 11.6. The molecule has 0 unspecified atom stereocenters. The summed E-state index contributed by atoms with van der Waals surface area (Å²) in [6.45, 7) is 2.42. The van der Waals surface area contributed by atoms with Gasteiger partial charge in [-0.25, -0.2) is 4.68 Å². The van der Waals surface area contributed by atoms with Gasteiger partial charge < -0.3 is 10.6 Å². The van der Waals surface area contributed by atoms with Gasteiger partial charge in [0.2, 0.25) is 0 Å².